The highest BCUT2D eigenvalue weighted by molar-refractivity contribution is 5.64. The van der Waals surface area contributed by atoms with E-state index in [2.05, 4.69) is 16.0 Å². The lowest BCUT2D eigenvalue weighted by Gasteiger charge is -2.53. The molecule has 1 saturated heterocycles. The van der Waals surface area contributed by atoms with Crippen LogP contribution >= 0.6 is 0 Å². The second-order valence-electron chi connectivity index (χ2n) is 8.58. The number of hydrogen-bond acceptors (Lipinski definition) is 5. The minimum atomic E-state index is -0.750. The Morgan fingerprint density at radius 3 is 2.79 bits per heavy atom. The molecule has 2 bridgehead atoms. The molecule has 0 unspecified atom stereocenters. The third-order valence-electron chi connectivity index (χ3n) is 6.85. The van der Waals surface area contributed by atoms with Gasteiger partial charge < -0.3 is 14.6 Å². The van der Waals surface area contributed by atoms with Gasteiger partial charge in [0.2, 0.25) is 0 Å². The maximum absolute atomic E-state index is 11.7. The standard InChI is InChI=1S/C24H28N2O3/c1-28-22-7-8-23-18(11-22)10-17(16-29-23)13-26-14-20-4-2-5-21(15-26)24(20,27)19-6-3-9-25-12-19/h3,6-12,20-21,27H,2,4-5,13-16H2,1H3/t20-,21-/m1/s1. The summed E-state index contributed by atoms with van der Waals surface area (Å²) >= 11 is 0. The molecule has 152 valence electrons. The number of fused-ring (bicyclic) bond motifs is 3. The fourth-order valence-electron chi connectivity index (χ4n) is 5.45. The third kappa shape index (κ3) is 3.32. The van der Waals surface area contributed by atoms with E-state index in [0.29, 0.717) is 6.61 Å². The van der Waals surface area contributed by atoms with E-state index in [1.165, 1.54) is 12.0 Å². The Balaban J connectivity index is 1.35. The van der Waals surface area contributed by atoms with Gasteiger partial charge in [-0.25, -0.2) is 0 Å². The number of nitrogens with zero attached hydrogens (tertiary/aromatic N) is 2. The van der Waals surface area contributed by atoms with Crippen LogP contribution in [0.4, 0.5) is 0 Å². The first-order valence-electron chi connectivity index (χ1n) is 10.5. The molecule has 5 nitrogen and oxygen atoms in total. The van der Waals surface area contributed by atoms with Crippen molar-refractivity contribution >= 4 is 6.08 Å². The van der Waals surface area contributed by atoms with Gasteiger partial charge in [-0.15, -0.1) is 0 Å². The zero-order valence-corrected chi connectivity index (χ0v) is 16.9. The number of likely N-dealkylation sites (tertiary alicyclic amines) is 1. The minimum absolute atomic E-state index is 0.247. The van der Waals surface area contributed by atoms with Crippen molar-refractivity contribution in [2.75, 3.05) is 33.4 Å². The molecule has 0 spiro atoms. The van der Waals surface area contributed by atoms with Crippen LogP contribution in [0, 0.1) is 11.8 Å². The normalized spacial score (nSPS) is 28.8. The maximum atomic E-state index is 11.7. The Kier molecular flexibility index (Phi) is 4.80. The Hall–Kier alpha value is -2.37. The number of aromatic nitrogens is 1. The highest BCUT2D eigenvalue weighted by atomic mass is 16.5. The van der Waals surface area contributed by atoms with Gasteiger partial charge in [-0.05, 0) is 48.8 Å². The smallest absolute Gasteiger partial charge is 0.127 e. The summed E-state index contributed by atoms with van der Waals surface area (Å²) < 4.78 is 11.3. The molecule has 0 amide bonds. The van der Waals surface area contributed by atoms with Crippen molar-refractivity contribution in [3.63, 3.8) is 0 Å². The van der Waals surface area contributed by atoms with Crippen LogP contribution in [0.1, 0.15) is 30.4 Å². The molecule has 5 heteroatoms. The first kappa shape index (κ1) is 18.6. The molecule has 1 N–H and O–H groups in total. The minimum Gasteiger partial charge on any atom is -0.497 e. The van der Waals surface area contributed by atoms with Crippen molar-refractivity contribution in [3.8, 4) is 11.5 Å². The average molecular weight is 392 g/mol. The van der Waals surface area contributed by atoms with Gasteiger partial charge in [-0.1, -0.05) is 12.5 Å². The van der Waals surface area contributed by atoms with E-state index in [1.54, 1.807) is 13.3 Å². The highest BCUT2D eigenvalue weighted by Gasteiger charge is 2.51. The van der Waals surface area contributed by atoms with E-state index < -0.39 is 5.60 Å². The van der Waals surface area contributed by atoms with Crippen LogP contribution in [0.3, 0.4) is 0 Å². The van der Waals surface area contributed by atoms with E-state index in [9.17, 15) is 5.11 Å². The van der Waals surface area contributed by atoms with Crippen LogP contribution in [0.15, 0.2) is 48.3 Å². The predicted octanol–water partition coefficient (Wildman–Crippen LogP) is 3.49. The Bertz CT molecular complexity index is 898. The maximum Gasteiger partial charge on any atom is 0.127 e. The van der Waals surface area contributed by atoms with Gasteiger partial charge in [-0.3, -0.25) is 9.88 Å². The molecule has 1 saturated carbocycles. The van der Waals surface area contributed by atoms with Gasteiger partial charge in [0.1, 0.15) is 18.1 Å². The van der Waals surface area contributed by atoms with Crippen LogP contribution in [0.2, 0.25) is 0 Å². The predicted molar refractivity (Wildman–Crippen MR) is 112 cm³/mol. The Morgan fingerprint density at radius 2 is 2.07 bits per heavy atom. The molecule has 5 rings (SSSR count). The number of piperidine rings is 1. The molecule has 1 aromatic carbocycles. The summed E-state index contributed by atoms with van der Waals surface area (Å²) in [6, 6.07) is 9.91. The fraction of sp³-hybridized carbons (Fsp3) is 0.458. The van der Waals surface area contributed by atoms with Gasteiger partial charge in [0.25, 0.3) is 0 Å². The summed E-state index contributed by atoms with van der Waals surface area (Å²) in [5, 5.41) is 11.7. The molecule has 2 aromatic rings. The van der Waals surface area contributed by atoms with Crippen molar-refractivity contribution in [1.29, 1.82) is 0 Å². The van der Waals surface area contributed by atoms with Gasteiger partial charge in [0.05, 0.1) is 12.7 Å². The van der Waals surface area contributed by atoms with Crippen molar-refractivity contribution in [3.05, 3.63) is 59.4 Å². The molecule has 29 heavy (non-hydrogen) atoms. The lowest BCUT2D eigenvalue weighted by Crippen LogP contribution is -2.58. The number of aliphatic hydroxyl groups is 1. The molecular weight excluding hydrogens is 364 g/mol. The second-order valence-corrected chi connectivity index (χ2v) is 8.58. The molecular formula is C24H28N2O3. The number of ether oxygens (including phenoxy) is 2. The van der Waals surface area contributed by atoms with E-state index in [4.69, 9.17) is 9.47 Å². The fourth-order valence-corrected chi connectivity index (χ4v) is 5.45. The highest BCUT2D eigenvalue weighted by Crippen LogP contribution is 2.49. The zero-order chi connectivity index (χ0) is 19.8. The molecule has 2 atom stereocenters. The topological polar surface area (TPSA) is 54.8 Å². The van der Waals surface area contributed by atoms with Crippen molar-refractivity contribution < 1.29 is 14.6 Å². The molecule has 3 heterocycles. The van der Waals surface area contributed by atoms with E-state index >= 15 is 0 Å². The molecule has 2 aliphatic heterocycles. The van der Waals surface area contributed by atoms with Crippen molar-refractivity contribution in [1.82, 2.24) is 9.88 Å². The van der Waals surface area contributed by atoms with Gasteiger partial charge in [-0.2, -0.15) is 0 Å². The molecule has 0 radical (unpaired) electrons. The van der Waals surface area contributed by atoms with Crippen LogP contribution in [0.25, 0.3) is 6.08 Å². The Labute approximate surface area is 172 Å². The first-order valence-corrected chi connectivity index (χ1v) is 10.5. The monoisotopic (exact) mass is 392 g/mol. The lowest BCUT2D eigenvalue weighted by atomic mass is 9.63. The number of benzene rings is 1. The summed E-state index contributed by atoms with van der Waals surface area (Å²) in [5.74, 6) is 2.25. The van der Waals surface area contributed by atoms with Crippen LogP contribution in [0.5, 0.6) is 11.5 Å². The lowest BCUT2D eigenvalue weighted by molar-refractivity contribution is -0.145. The van der Waals surface area contributed by atoms with E-state index in [0.717, 1.165) is 55.1 Å². The first-order chi connectivity index (χ1) is 14.2. The average Bonchev–Trinajstić information content (AvgIpc) is 2.74. The van der Waals surface area contributed by atoms with Crippen LogP contribution in [-0.4, -0.2) is 48.3 Å². The van der Waals surface area contributed by atoms with Crippen molar-refractivity contribution in [2.24, 2.45) is 11.8 Å². The summed E-state index contributed by atoms with van der Waals surface area (Å²) in [7, 11) is 1.69. The van der Waals surface area contributed by atoms with Crippen LogP contribution in [-0.2, 0) is 5.60 Å². The Morgan fingerprint density at radius 1 is 1.24 bits per heavy atom. The second kappa shape index (κ2) is 7.47. The largest absolute Gasteiger partial charge is 0.497 e. The number of pyridine rings is 1. The van der Waals surface area contributed by atoms with Gasteiger partial charge in [0, 0.05) is 55.0 Å². The summed E-state index contributed by atoms with van der Waals surface area (Å²) in [6.45, 7) is 3.32. The third-order valence-corrected chi connectivity index (χ3v) is 6.85. The zero-order valence-electron chi connectivity index (χ0n) is 16.9. The molecule has 3 aliphatic rings. The van der Waals surface area contributed by atoms with E-state index in [-0.39, 0.29) is 11.8 Å². The van der Waals surface area contributed by atoms with Gasteiger partial charge in [0.15, 0.2) is 0 Å². The summed E-state index contributed by atoms with van der Waals surface area (Å²) in [6.07, 6.45) is 9.19. The SMILES string of the molecule is COc1ccc2c(c1)C=C(CN1C[C@H]3CCC[C@H](C1)C3(O)c1cccnc1)CO2. The van der Waals surface area contributed by atoms with E-state index in [1.807, 2.05) is 36.5 Å². The summed E-state index contributed by atoms with van der Waals surface area (Å²) in [5.41, 5.74) is 2.58. The van der Waals surface area contributed by atoms with Crippen molar-refractivity contribution in [2.45, 2.75) is 24.9 Å². The van der Waals surface area contributed by atoms with Crippen LogP contribution < -0.4 is 9.47 Å². The quantitative estimate of drug-likeness (QED) is 0.863. The molecule has 1 aromatic heterocycles. The number of hydrogen-bond donors (Lipinski definition) is 1. The molecule has 1 aliphatic carbocycles. The van der Waals surface area contributed by atoms with Gasteiger partial charge >= 0.3 is 0 Å². The number of rotatable bonds is 4. The molecule has 2 fully saturated rings. The summed E-state index contributed by atoms with van der Waals surface area (Å²) in [4.78, 5) is 6.77. The number of methoxy groups -OCH3 is 1.